The van der Waals surface area contributed by atoms with Gasteiger partial charge in [0.2, 0.25) is 0 Å². The van der Waals surface area contributed by atoms with Crippen molar-refractivity contribution in [1.29, 1.82) is 0 Å². The van der Waals surface area contributed by atoms with E-state index in [4.69, 9.17) is 5.73 Å². The summed E-state index contributed by atoms with van der Waals surface area (Å²) in [7, 11) is 0. The molecule has 0 spiro atoms. The maximum Gasteiger partial charge on any atom is 0.574 e. The molecule has 0 fully saturated rings. The molecule has 0 aromatic carbocycles. The van der Waals surface area contributed by atoms with Crippen LogP contribution in [0.2, 0.25) is 0 Å². The molecule has 0 unspecified atom stereocenters. The Morgan fingerprint density at radius 3 is 2.50 bits per heavy atom. The predicted octanol–water partition coefficient (Wildman–Crippen LogP) is 1.58. The van der Waals surface area contributed by atoms with Gasteiger partial charge in [0, 0.05) is 6.54 Å². The summed E-state index contributed by atoms with van der Waals surface area (Å²) in [5.41, 5.74) is 5.23. The van der Waals surface area contributed by atoms with Gasteiger partial charge in [-0.05, 0) is 12.1 Å². The smallest absolute Gasteiger partial charge is 0.385 e. The average Bonchev–Trinajstić information content (AvgIpc) is 2.06. The molecule has 3 nitrogen and oxygen atoms in total. The summed E-state index contributed by atoms with van der Waals surface area (Å²) < 4.78 is 51.1. The van der Waals surface area contributed by atoms with Crippen molar-refractivity contribution in [2.24, 2.45) is 5.73 Å². The molecule has 0 saturated heterocycles. The highest BCUT2D eigenvalue weighted by Crippen LogP contribution is 2.23. The summed E-state index contributed by atoms with van der Waals surface area (Å²) in [6.07, 6.45) is -4.96. The lowest BCUT2D eigenvalue weighted by molar-refractivity contribution is -0.277. The summed E-state index contributed by atoms with van der Waals surface area (Å²) in [5, 5.41) is 0. The number of alkyl halides is 3. The molecule has 0 aliphatic rings. The summed E-state index contributed by atoms with van der Waals surface area (Å²) >= 11 is 0. The second kappa shape index (κ2) is 3.79. The first kappa shape index (κ1) is 10.7. The highest BCUT2D eigenvalue weighted by Gasteiger charge is 2.33. The van der Waals surface area contributed by atoms with E-state index >= 15 is 0 Å². The van der Waals surface area contributed by atoms with Gasteiger partial charge in [0.15, 0.2) is 5.82 Å². The minimum absolute atomic E-state index is 0.0888. The number of halogens is 4. The molecule has 1 heterocycles. The van der Waals surface area contributed by atoms with Crippen molar-refractivity contribution in [3.05, 3.63) is 23.6 Å². The van der Waals surface area contributed by atoms with Crippen molar-refractivity contribution in [2.75, 3.05) is 0 Å². The van der Waals surface area contributed by atoms with Crippen molar-refractivity contribution in [3.8, 4) is 5.88 Å². The Hall–Kier alpha value is -1.37. The molecule has 7 heteroatoms. The normalized spacial score (nSPS) is 11.5. The first-order valence-electron chi connectivity index (χ1n) is 3.53. The summed E-state index contributed by atoms with van der Waals surface area (Å²) in [5.74, 6) is -2.29. The standard InChI is InChI=1S/C7H6F4N2O/c8-5-2-1-4(3-12)13-6(5)14-7(9,10)11/h1-2H,3,12H2. The van der Waals surface area contributed by atoms with Crippen LogP contribution >= 0.6 is 0 Å². The molecule has 0 bridgehead atoms. The van der Waals surface area contributed by atoms with Gasteiger partial charge >= 0.3 is 6.36 Å². The van der Waals surface area contributed by atoms with Crippen LogP contribution in [0, 0.1) is 5.82 Å². The monoisotopic (exact) mass is 210 g/mol. The van der Waals surface area contributed by atoms with Gasteiger partial charge in [-0.25, -0.2) is 9.37 Å². The molecule has 1 rings (SSSR count). The van der Waals surface area contributed by atoms with Gasteiger partial charge in [-0.2, -0.15) is 0 Å². The zero-order valence-corrected chi connectivity index (χ0v) is 6.81. The van der Waals surface area contributed by atoms with Crippen LogP contribution in [0.3, 0.4) is 0 Å². The maximum atomic E-state index is 12.7. The van der Waals surface area contributed by atoms with Crippen LogP contribution < -0.4 is 10.5 Å². The Kier molecular flexibility index (Phi) is 2.90. The number of hydrogen-bond acceptors (Lipinski definition) is 3. The molecule has 1 aromatic heterocycles. The van der Waals surface area contributed by atoms with Crippen molar-refractivity contribution in [1.82, 2.24) is 4.98 Å². The Morgan fingerprint density at radius 1 is 1.36 bits per heavy atom. The van der Waals surface area contributed by atoms with Gasteiger partial charge in [-0.1, -0.05) is 0 Å². The van der Waals surface area contributed by atoms with Gasteiger partial charge in [-0.3, -0.25) is 0 Å². The van der Waals surface area contributed by atoms with E-state index in [0.29, 0.717) is 0 Å². The number of nitrogens with two attached hydrogens (primary N) is 1. The summed E-state index contributed by atoms with van der Waals surface area (Å²) in [6, 6.07) is 1.99. The van der Waals surface area contributed by atoms with E-state index < -0.39 is 18.1 Å². The molecule has 0 saturated carbocycles. The summed E-state index contributed by atoms with van der Waals surface area (Å²) in [4.78, 5) is 3.23. The van der Waals surface area contributed by atoms with Crippen LogP contribution in [-0.4, -0.2) is 11.3 Å². The first-order valence-corrected chi connectivity index (χ1v) is 3.53. The molecule has 14 heavy (non-hydrogen) atoms. The largest absolute Gasteiger partial charge is 0.574 e. The Balaban J connectivity index is 2.95. The molecule has 0 amide bonds. The molecule has 78 valence electrons. The van der Waals surface area contributed by atoms with E-state index in [1.54, 1.807) is 0 Å². The molecule has 0 aliphatic carbocycles. The number of pyridine rings is 1. The zero-order valence-electron chi connectivity index (χ0n) is 6.81. The fraction of sp³-hybridized carbons (Fsp3) is 0.286. The molecule has 2 N–H and O–H groups in total. The molecular formula is C7H6F4N2O. The van der Waals surface area contributed by atoms with Gasteiger partial charge in [-0.15, -0.1) is 13.2 Å². The van der Waals surface area contributed by atoms with Crippen LogP contribution in [0.15, 0.2) is 12.1 Å². The first-order chi connectivity index (χ1) is 6.42. The molecular weight excluding hydrogens is 204 g/mol. The SMILES string of the molecule is NCc1ccc(F)c(OC(F)(F)F)n1. The number of ether oxygens (including phenoxy) is 1. The minimum atomic E-state index is -4.96. The fourth-order valence-electron chi connectivity index (χ4n) is 0.757. The maximum absolute atomic E-state index is 12.7. The van der Waals surface area contributed by atoms with Crippen molar-refractivity contribution in [3.63, 3.8) is 0 Å². The third-order valence-corrected chi connectivity index (χ3v) is 1.29. The van der Waals surface area contributed by atoms with Gasteiger partial charge in [0.05, 0.1) is 5.69 Å². The Bertz CT molecular complexity index is 326. The predicted molar refractivity (Wildman–Crippen MR) is 38.8 cm³/mol. The quantitative estimate of drug-likeness (QED) is 0.754. The Morgan fingerprint density at radius 2 is 2.00 bits per heavy atom. The lowest BCUT2D eigenvalue weighted by atomic mass is 10.3. The highest BCUT2D eigenvalue weighted by atomic mass is 19.4. The molecule has 1 aromatic rings. The van der Waals surface area contributed by atoms with Crippen molar-refractivity contribution < 1.29 is 22.3 Å². The van der Waals surface area contributed by atoms with Crippen LogP contribution in [0.1, 0.15) is 5.69 Å². The molecule has 0 atom stereocenters. The number of nitrogens with zero attached hydrogens (tertiary/aromatic N) is 1. The van der Waals surface area contributed by atoms with Crippen molar-refractivity contribution >= 4 is 0 Å². The van der Waals surface area contributed by atoms with Gasteiger partial charge < -0.3 is 10.5 Å². The van der Waals surface area contributed by atoms with E-state index in [0.717, 1.165) is 6.07 Å². The summed E-state index contributed by atoms with van der Waals surface area (Å²) in [6.45, 7) is -0.0888. The van der Waals surface area contributed by atoms with E-state index in [9.17, 15) is 17.6 Å². The third-order valence-electron chi connectivity index (χ3n) is 1.29. The molecule has 0 radical (unpaired) electrons. The number of hydrogen-bond donors (Lipinski definition) is 1. The fourth-order valence-corrected chi connectivity index (χ4v) is 0.757. The van der Waals surface area contributed by atoms with E-state index in [-0.39, 0.29) is 12.2 Å². The highest BCUT2D eigenvalue weighted by molar-refractivity contribution is 5.18. The van der Waals surface area contributed by atoms with E-state index in [1.807, 2.05) is 0 Å². The van der Waals surface area contributed by atoms with Crippen LogP contribution in [0.4, 0.5) is 17.6 Å². The topological polar surface area (TPSA) is 48.1 Å². The lowest BCUT2D eigenvalue weighted by Gasteiger charge is -2.09. The second-order valence-corrected chi connectivity index (χ2v) is 2.34. The second-order valence-electron chi connectivity index (χ2n) is 2.34. The van der Waals surface area contributed by atoms with Crippen LogP contribution in [-0.2, 0) is 6.54 Å². The lowest BCUT2D eigenvalue weighted by Crippen LogP contribution is -2.19. The number of rotatable bonds is 2. The Labute approximate surface area is 76.5 Å². The van der Waals surface area contributed by atoms with Gasteiger partial charge in [0.25, 0.3) is 5.88 Å². The van der Waals surface area contributed by atoms with E-state index in [1.165, 1.54) is 6.07 Å². The van der Waals surface area contributed by atoms with Crippen LogP contribution in [0.5, 0.6) is 5.88 Å². The minimum Gasteiger partial charge on any atom is -0.385 e. The van der Waals surface area contributed by atoms with Crippen molar-refractivity contribution in [2.45, 2.75) is 12.9 Å². The van der Waals surface area contributed by atoms with Crippen LogP contribution in [0.25, 0.3) is 0 Å². The van der Waals surface area contributed by atoms with Gasteiger partial charge in [0.1, 0.15) is 0 Å². The average molecular weight is 210 g/mol. The number of aromatic nitrogens is 1. The molecule has 0 aliphatic heterocycles. The van der Waals surface area contributed by atoms with E-state index in [2.05, 4.69) is 9.72 Å². The third kappa shape index (κ3) is 2.84. The zero-order chi connectivity index (χ0) is 10.8.